The van der Waals surface area contributed by atoms with Gasteiger partial charge in [-0.1, -0.05) is 36.2 Å². The highest BCUT2D eigenvalue weighted by Gasteiger charge is 2.16. The van der Waals surface area contributed by atoms with Crippen molar-refractivity contribution in [3.8, 4) is 5.75 Å². The normalized spacial score (nSPS) is 12.4. The smallest absolute Gasteiger partial charge is 0.129 e. The zero-order valence-corrected chi connectivity index (χ0v) is 13.1. The van der Waals surface area contributed by atoms with Crippen LogP contribution in [0.1, 0.15) is 23.4 Å². The van der Waals surface area contributed by atoms with E-state index in [0.29, 0.717) is 10.0 Å². The molecule has 19 heavy (non-hydrogen) atoms. The Morgan fingerprint density at radius 3 is 2.63 bits per heavy atom. The van der Waals surface area contributed by atoms with Crippen molar-refractivity contribution in [3.63, 3.8) is 0 Å². The fraction of sp³-hybridized carbons (Fsp3) is 0.286. The third-order valence-electron chi connectivity index (χ3n) is 2.80. The monoisotopic (exact) mass is 315 g/mol. The third-order valence-corrected chi connectivity index (χ3v) is 4.52. The number of nitrogens with one attached hydrogen (secondary N) is 1. The lowest BCUT2D eigenvalue weighted by Crippen LogP contribution is -2.21. The summed E-state index contributed by atoms with van der Waals surface area (Å²) in [5.41, 5.74) is 1.10. The zero-order chi connectivity index (χ0) is 13.8. The minimum absolute atomic E-state index is 0.105. The van der Waals surface area contributed by atoms with Crippen LogP contribution < -0.4 is 10.1 Å². The van der Waals surface area contributed by atoms with E-state index in [4.69, 9.17) is 27.9 Å². The number of benzene rings is 1. The Balaban J connectivity index is 2.35. The summed E-state index contributed by atoms with van der Waals surface area (Å²) in [7, 11) is 1.67. The van der Waals surface area contributed by atoms with Gasteiger partial charge in [-0.05, 0) is 30.3 Å². The molecule has 2 rings (SSSR count). The van der Waals surface area contributed by atoms with E-state index in [-0.39, 0.29) is 6.04 Å². The van der Waals surface area contributed by atoms with E-state index >= 15 is 0 Å². The van der Waals surface area contributed by atoms with Gasteiger partial charge >= 0.3 is 0 Å². The van der Waals surface area contributed by atoms with E-state index < -0.39 is 0 Å². The summed E-state index contributed by atoms with van der Waals surface area (Å²) in [6, 6.07) is 7.88. The molecule has 0 saturated heterocycles. The number of methoxy groups -OCH3 is 1. The number of rotatable bonds is 5. The van der Waals surface area contributed by atoms with Crippen LogP contribution in [0.4, 0.5) is 0 Å². The molecule has 0 fully saturated rings. The van der Waals surface area contributed by atoms with Crippen molar-refractivity contribution in [2.24, 2.45) is 0 Å². The van der Waals surface area contributed by atoms with Crippen molar-refractivity contribution in [1.82, 2.24) is 5.32 Å². The van der Waals surface area contributed by atoms with Gasteiger partial charge in [-0.3, -0.25) is 0 Å². The van der Waals surface area contributed by atoms with Crippen LogP contribution in [0.25, 0.3) is 0 Å². The van der Waals surface area contributed by atoms with Crippen molar-refractivity contribution in [2.45, 2.75) is 13.0 Å². The quantitative estimate of drug-likeness (QED) is 0.858. The highest BCUT2D eigenvalue weighted by molar-refractivity contribution is 7.10. The van der Waals surface area contributed by atoms with Gasteiger partial charge in [0.1, 0.15) is 5.75 Å². The average molecular weight is 316 g/mol. The van der Waals surface area contributed by atoms with Crippen LogP contribution in [0.5, 0.6) is 5.75 Å². The van der Waals surface area contributed by atoms with Crippen molar-refractivity contribution < 1.29 is 4.74 Å². The summed E-state index contributed by atoms with van der Waals surface area (Å²) < 4.78 is 5.24. The predicted molar refractivity (Wildman–Crippen MR) is 82.9 cm³/mol. The number of thiophene rings is 1. The van der Waals surface area contributed by atoms with Gasteiger partial charge in [0.05, 0.1) is 23.2 Å². The highest BCUT2D eigenvalue weighted by atomic mass is 35.5. The van der Waals surface area contributed by atoms with Gasteiger partial charge in [-0.15, -0.1) is 11.3 Å². The molecular formula is C14H15Cl2NOS. The van der Waals surface area contributed by atoms with Crippen LogP contribution >= 0.6 is 34.5 Å². The molecule has 0 bridgehead atoms. The number of hydrogen-bond donors (Lipinski definition) is 1. The van der Waals surface area contributed by atoms with Crippen molar-refractivity contribution in [1.29, 1.82) is 0 Å². The molecule has 1 aromatic heterocycles. The van der Waals surface area contributed by atoms with E-state index in [0.717, 1.165) is 17.9 Å². The molecule has 1 heterocycles. The Labute approximate surface area is 127 Å². The summed E-state index contributed by atoms with van der Waals surface area (Å²) in [6.45, 7) is 2.94. The van der Waals surface area contributed by atoms with E-state index in [1.165, 1.54) is 4.88 Å². The van der Waals surface area contributed by atoms with Gasteiger partial charge in [-0.25, -0.2) is 0 Å². The van der Waals surface area contributed by atoms with Crippen molar-refractivity contribution in [2.75, 3.05) is 13.7 Å². The first kappa shape index (κ1) is 14.7. The molecule has 1 unspecified atom stereocenters. The Morgan fingerprint density at radius 1 is 1.26 bits per heavy atom. The number of halogens is 2. The Hall–Kier alpha value is -0.740. The largest absolute Gasteiger partial charge is 0.496 e. The fourth-order valence-electron chi connectivity index (χ4n) is 1.87. The lowest BCUT2D eigenvalue weighted by molar-refractivity contribution is 0.416. The van der Waals surface area contributed by atoms with Gasteiger partial charge in [0, 0.05) is 10.3 Å². The second-order valence-corrected chi connectivity index (χ2v) is 5.81. The molecule has 1 N–H and O–H groups in total. The van der Waals surface area contributed by atoms with Gasteiger partial charge in [0.15, 0.2) is 0 Å². The summed E-state index contributed by atoms with van der Waals surface area (Å²) in [6.07, 6.45) is 0. The van der Waals surface area contributed by atoms with Crippen LogP contribution in [-0.2, 0) is 0 Å². The molecule has 0 radical (unpaired) electrons. The van der Waals surface area contributed by atoms with Crippen LogP contribution in [0.15, 0.2) is 29.6 Å². The van der Waals surface area contributed by atoms with Crippen LogP contribution in [0.3, 0.4) is 0 Å². The molecule has 2 aromatic rings. The predicted octanol–water partition coefficient (Wildman–Crippen LogP) is 4.76. The highest BCUT2D eigenvalue weighted by Crippen LogP contribution is 2.33. The Bertz CT molecular complexity index is 556. The fourth-order valence-corrected chi connectivity index (χ4v) is 3.13. The van der Waals surface area contributed by atoms with E-state index in [1.54, 1.807) is 18.4 Å². The molecule has 0 aliphatic carbocycles. The first-order valence-corrected chi connectivity index (χ1v) is 7.60. The van der Waals surface area contributed by atoms with Gasteiger partial charge in [0.25, 0.3) is 0 Å². The van der Waals surface area contributed by atoms with Crippen molar-refractivity contribution in [3.05, 3.63) is 50.1 Å². The first-order chi connectivity index (χ1) is 9.15. The molecule has 2 nitrogen and oxygen atoms in total. The first-order valence-electron chi connectivity index (χ1n) is 5.96. The summed E-state index contributed by atoms with van der Waals surface area (Å²) in [5.74, 6) is 0.878. The van der Waals surface area contributed by atoms with Crippen LogP contribution in [-0.4, -0.2) is 13.7 Å². The van der Waals surface area contributed by atoms with E-state index in [1.807, 2.05) is 29.6 Å². The van der Waals surface area contributed by atoms with Crippen molar-refractivity contribution >= 4 is 34.5 Å². The molecule has 1 atom stereocenters. The maximum absolute atomic E-state index is 6.10. The molecule has 0 saturated carbocycles. The summed E-state index contributed by atoms with van der Waals surface area (Å²) in [5, 5.41) is 6.60. The van der Waals surface area contributed by atoms with Gasteiger partial charge in [0.2, 0.25) is 0 Å². The van der Waals surface area contributed by atoms with E-state index in [2.05, 4.69) is 12.2 Å². The summed E-state index contributed by atoms with van der Waals surface area (Å²) in [4.78, 5) is 1.19. The van der Waals surface area contributed by atoms with Gasteiger partial charge in [-0.2, -0.15) is 0 Å². The maximum Gasteiger partial charge on any atom is 0.129 e. The molecule has 0 aliphatic heterocycles. The standard InChI is InChI=1S/C14H15Cl2NOS/c1-3-17-14(13-7-10(18-2)8-19-13)9-4-5-11(15)12(16)6-9/h4-8,14,17H,3H2,1-2H3. The van der Waals surface area contributed by atoms with Gasteiger partial charge < -0.3 is 10.1 Å². The Morgan fingerprint density at radius 2 is 2.05 bits per heavy atom. The van der Waals surface area contributed by atoms with Crippen LogP contribution in [0, 0.1) is 0 Å². The minimum Gasteiger partial charge on any atom is -0.496 e. The molecule has 102 valence electrons. The van der Waals surface area contributed by atoms with E-state index in [9.17, 15) is 0 Å². The summed E-state index contributed by atoms with van der Waals surface area (Å²) >= 11 is 13.7. The third kappa shape index (κ3) is 3.42. The van der Waals surface area contributed by atoms with Crippen LogP contribution in [0.2, 0.25) is 10.0 Å². The average Bonchev–Trinajstić information content (AvgIpc) is 2.88. The minimum atomic E-state index is 0.105. The second kappa shape index (κ2) is 6.62. The zero-order valence-electron chi connectivity index (χ0n) is 10.7. The molecule has 0 amide bonds. The molecule has 5 heteroatoms. The molecule has 1 aromatic carbocycles. The lowest BCUT2D eigenvalue weighted by atomic mass is 10.1. The second-order valence-electron chi connectivity index (χ2n) is 4.05. The SMILES string of the molecule is CCNC(c1ccc(Cl)c(Cl)c1)c1cc(OC)cs1. The Kier molecular flexibility index (Phi) is 5.11. The number of ether oxygens (including phenoxy) is 1. The maximum atomic E-state index is 6.10. The lowest BCUT2D eigenvalue weighted by Gasteiger charge is -2.17. The molecule has 0 aliphatic rings. The topological polar surface area (TPSA) is 21.3 Å². The molecule has 0 spiro atoms. The number of hydrogen-bond acceptors (Lipinski definition) is 3. The molecular weight excluding hydrogens is 301 g/mol.